The van der Waals surface area contributed by atoms with Gasteiger partial charge in [0.15, 0.2) is 0 Å². The molecule has 0 saturated heterocycles. The van der Waals surface area contributed by atoms with Crippen LogP contribution >= 0.6 is 11.3 Å². The van der Waals surface area contributed by atoms with Crippen LogP contribution in [0.4, 0.5) is 0 Å². The number of rotatable bonds is 6. The van der Waals surface area contributed by atoms with Gasteiger partial charge >= 0.3 is 0 Å². The highest BCUT2D eigenvalue weighted by Gasteiger charge is 2.21. The van der Waals surface area contributed by atoms with Crippen LogP contribution in [0.2, 0.25) is 0 Å². The van der Waals surface area contributed by atoms with Gasteiger partial charge in [-0.3, -0.25) is 9.69 Å². The monoisotopic (exact) mass is 321 g/mol. The van der Waals surface area contributed by atoms with Crippen LogP contribution in [0.25, 0.3) is 0 Å². The second-order valence-electron chi connectivity index (χ2n) is 5.83. The second kappa shape index (κ2) is 7.07. The third-order valence-electron chi connectivity index (χ3n) is 3.46. The minimum absolute atomic E-state index is 0.0109. The summed E-state index contributed by atoms with van der Waals surface area (Å²) in [6.07, 6.45) is 1.65. The molecule has 0 aliphatic carbocycles. The van der Waals surface area contributed by atoms with Gasteiger partial charge in [0.05, 0.1) is 23.0 Å². The number of carbonyl (C=O) groups is 1. The Morgan fingerprint density at radius 3 is 2.68 bits per heavy atom. The zero-order valence-corrected chi connectivity index (χ0v) is 14.5. The van der Waals surface area contributed by atoms with Gasteiger partial charge in [0.2, 0.25) is 0 Å². The number of amides is 1. The first kappa shape index (κ1) is 16.7. The van der Waals surface area contributed by atoms with E-state index in [1.807, 2.05) is 38.1 Å². The summed E-state index contributed by atoms with van der Waals surface area (Å²) < 4.78 is 5.45. The van der Waals surface area contributed by atoms with Crippen LogP contribution in [0.3, 0.4) is 0 Å². The molecule has 5 nitrogen and oxygen atoms in total. The van der Waals surface area contributed by atoms with Gasteiger partial charge in [-0.05, 0) is 33.2 Å². The number of nitrogens with one attached hydrogen (secondary N) is 1. The van der Waals surface area contributed by atoms with Crippen molar-refractivity contribution in [3.63, 3.8) is 0 Å². The summed E-state index contributed by atoms with van der Waals surface area (Å²) in [4.78, 5) is 19.6. The highest BCUT2D eigenvalue weighted by molar-refractivity contribution is 7.13. The van der Waals surface area contributed by atoms with Crippen molar-refractivity contribution in [2.75, 3.05) is 20.6 Å². The number of aromatic nitrogens is 1. The Morgan fingerprint density at radius 2 is 2.18 bits per heavy atom. The van der Waals surface area contributed by atoms with Crippen LogP contribution < -0.4 is 5.32 Å². The lowest BCUT2D eigenvalue weighted by molar-refractivity contribution is 0.0942. The lowest BCUT2D eigenvalue weighted by atomic mass is 10.2. The maximum Gasteiger partial charge on any atom is 0.263 e. The fraction of sp³-hybridized carbons (Fsp3) is 0.500. The quantitative estimate of drug-likeness (QED) is 0.887. The second-order valence-corrected chi connectivity index (χ2v) is 6.86. The van der Waals surface area contributed by atoms with Crippen LogP contribution in [0.15, 0.2) is 22.8 Å². The molecule has 1 atom stereocenters. The topological polar surface area (TPSA) is 58.4 Å². The van der Waals surface area contributed by atoms with E-state index < -0.39 is 0 Å². The SMILES string of the molecule is Cc1nc(C(C)C)sc1C(=O)NC[C@@H](c1ccco1)N(C)C. The molecule has 0 fully saturated rings. The summed E-state index contributed by atoms with van der Waals surface area (Å²) >= 11 is 1.47. The van der Waals surface area contributed by atoms with E-state index >= 15 is 0 Å². The normalized spacial score (nSPS) is 12.9. The highest BCUT2D eigenvalue weighted by atomic mass is 32.1. The van der Waals surface area contributed by atoms with E-state index in [4.69, 9.17) is 4.42 Å². The maximum atomic E-state index is 12.4. The number of hydrogen-bond acceptors (Lipinski definition) is 5. The Hall–Kier alpha value is -1.66. The fourth-order valence-electron chi connectivity index (χ4n) is 2.16. The van der Waals surface area contributed by atoms with E-state index in [1.165, 1.54) is 11.3 Å². The molecule has 0 aromatic carbocycles. The molecule has 2 rings (SSSR count). The summed E-state index contributed by atoms with van der Waals surface area (Å²) in [5.74, 6) is 1.11. The van der Waals surface area contributed by atoms with Crippen molar-refractivity contribution >= 4 is 17.2 Å². The molecule has 2 heterocycles. The van der Waals surface area contributed by atoms with Gasteiger partial charge in [0, 0.05) is 12.5 Å². The van der Waals surface area contributed by atoms with E-state index in [-0.39, 0.29) is 11.9 Å². The summed E-state index contributed by atoms with van der Waals surface area (Å²) in [6.45, 7) is 6.54. The summed E-state index contributed by atoms with van der Waals surface area (Å²) in [5.41, 5.74) is 0.797. The molecule has 6 heteroatoms. The van der Waals surface area contributed by atoms with Crippen molar-refractivity contribution in [3.05, 3.63) is 39.7 Å². The predicted molar refractivity (Wildman–Crippen MR) is 88.4 cm³/mol. The molecule has 2 aromatic heterocycles. The first-order chi connectivity index (χ1) is 10.4. The molecule has 1 N–H and O–H groups in total. The maximum absolute atomic E-state index is 12.4. The van der Waals surface area contributed by atoms with Crippen LogP contribution in [-0.2, 0) is 0 Å². The molecular formula is C16H23N3O2S. The molecular weight excluding hydrogens is 298 g/mol. The average molecular weight is 321 g/mol. The van der Waals surface area contributed by atoms with E-state index in [1.54, 1.807) is 6.26 Å². The van der Waals surface area contributed by atoms with E-state index in [9.17, 15) is 4.79 Å². The van der Waals surface area contributed by atoms with E-state index in [0.717, 1.165) is 16.5 Å². The van der Waals surface area contributed by atoms with Gasteiger partial charge in [-0.25, -0.2) is 4.98 Å². The van der Waals surface area contributed by atoms with Crippen LogP contribution in [0.1, 0.15) is 51.9 Å². The number of nitrogens with zero attached hydrogens (tertiary/aromatic N) is 2. The zero-order valence-electron chi connectivity index (χ0n) is 13.7. The standard InChI is InChI=1S/C16H23N3O2S/c1-10(2)16-18-11(3)14(22-16)15(20)17-9-12(19(4)5)13-7-6-8-21-13/h6-8,10,12H,9H2,1-5H3,(H,17,20)/t12-/m0/s1. The lowest BCUT2D eigenvalue weighted by Crippen LogP contribution is -2.34. The van der Waals surface area contributed by atoms with Crippen molar-refractivity contribution < 1.29 is 9.21 Å². The first-order valence-corrected chi connectivity index (χ1v) is 8.17. The minimum atomic E-state index is -0.0692. The molecule has 0 radical (unpaired) electrons. The van der Waals surface area contributed by atoms with Crippen molar-refractivity contribution in [2.24, 2.45) is 0 Å². The van der Waals surface area contributed by atoms with Gasteiger partial charge in [-0.15, -0.1) is 11.3 Å². The molecule has 1 amide bonds. The van der Waals surface area contributed by atoms with Crippen molar-refractivity contribution in [2.45, 2.75) is 32.7 Å². The molecule has 2 aromatic rings. The molecule has 0 aliphatic rings. The number of thiazole rings is 1. The summed E-state index contributed by atoms with van der Waals surface area (Å²) in [5, 5.41) is 3.99. The molecule has 0 saturated carbocycles. The van der Waals surface area contributed by atoms with Gasteiger partial charge in [-0.1, -0.05) is 13.8 Å². The molecule has 120 valence electrons. The third kappa shape index (κ3) is 3.75. The largest absolute Gasteiger partial charge is 0.468 e. The zero-order chi connectivity index (χ0) is 16.3. The Labute approximate surface area is 135 Å². The van der Waals surface area contributed by atoms with Crippen molar-refractivity contribution in [3.8, 4) is 0 Å². The predicted octanol–water partition coefficient (Wildman–Crippen LogP) is 3.20. The summed E-state index contributed by atoms with van der Waals surface area (Å²) in [6, 6.07) is 3.79. The van der Waals surface area contributed by atoms with Gasteiger partial charge < -0.3 is 9.73 Å². The fourth-order valence-corrected chi connectivity index (χ4v) is 3.15. The molecule has 0 unspecified atom stereocenters. The number of hydrogen-bond donors (Lipinski definition) is 1. The van der Waals surface area contributed by atoms with Crippen LogP contribution in [-0.4, -0.2) is 36.4 Å². The van der Waals surface area contributed by atoms with Crippen LogP contribution in [0.5, 0.6) is 0 Å². The summed E-state index contributed by atoms with van der Waals surface area (Å²) in [7, 11) is 3.93. The third-order valence-corrected chi connectivity index (χ3v) is 4.92. The lowest BCUT2D eigenvalue weighted by Gasteiger charge is -2.22. The number of aryl methyl sites for hydroxylation is 1. The van der Waals surface area contributed by atoms with Crippen molar-refractivity contribution in [1.82, 2.24) is 15.2 Å². The van der Waals surface area contributed by atoms with Gasteiger partial charge in [-0.2, -0.15) is 0 Å². The Kier molecular flexibility index (Phi) is 5.37. The van der Waals surface area contributed by atoms with E-state index in [0.29, 0.717) is 17.3 Å². The first-order valence-electron chi connectivity index (χ1n) is 7.35. The molecule has 0 spiro atoms. The number of furan rings is 1. The highest BCUT2D eigenvalue weighted by Crippen LogP contribution is 2.25. The number of likely N-dealkylation sites (N-methyl/N-ethyl adjacent to an activating group) is 1. The van der Waals surface area contributed by atoms with E-state index in [2.05, 4.69) is 24.1 Å². The Bertz CT molecular complexity index is 617. The number of carbonyl (C=O) groups excluding carboxylic acids is 1. The average Bonchev–Trinajstić information content (AvgIpc) is 3.08. The minimum Gasteiger partial charge on any atom is -0.468 e. The Balaban J connectivity index is 2.05. The Morgan fingerprint density at radius 1 is 1.45 bits per heavy atom. The van der Waals surface area contributed by atoms with Crippen LogP contribution in [0, 0.1) is 6.92 Å². The molecule has 0 bridgehead atoms. The van der Waals surface area contributed by atoms with Crippen molar-refractivity contribution in [1.29, 1.82) is 0 Å². The molecule has 22 heavy (non-hydrogen) atoms. The molecule has 0 aliphatic heterocycles. The smallest absolute Gasteiger partial charge is 0.263 e. The van der Waals surface area contributed by atoms with Gasteiger partial charge in [0.1, 0.15) is 10.6 Å². The van der Waals surface area contributed by atoms with Gasteiger partial charge in [0.25, 0.3) is 5.91 Å².